The SMILES string of the molecule is COc1ccc([N+](=O)[O-])c(-c2nc(N)nc(N)c2C#N)c1OC. The zero-order valence-electron chi connectivity index (χ0n) is 12.2. The number of hydrogen-bond acceptors (Lipinski definition) is 9. The summed E-state index contributed by atoms with van der Waals surface area (Å²) < 4.78 is 10.3. The Hall–Kier alpha value is -3.61. The van der Waals surface area contributed by atoms with Crippen LogP contribution in [0.5, 0.6) is 11.5 Å². The summed E-state index contributed by atoms with van der Waals surface area (Å²) in [5, 5.41) is 20.6. The summed E-state index contributed by atoms with van der Waals surface area (Å²) in [5.41, 5.74) is 10.6. The van der Waals surface area contributed by atoms with Crippen LogP contribution in [0.1, 0.15) is 5.56 Å². The lowest BCUT2D eigenvalue weighted by atomic mass is 10.0. The molecule has 10 nitrogen and oxygen atoms in total. The van der Waals surface area contributed by atoms with Gasteiger partial charge in [-0.15, -0.1) is 0 Å². The van der Waals surface area contributed by atoms with E-state index in [4.69, 9.17) is 20.9 Å². The second-order valence-corrected chi connectivity index (χ2v) is 4.25. The fourth-order valence-electron chi connectivity index (χ4n) is 2.08. The summed E-state index contributed by atoms with van der Waals surface area (Å²) in [5.74, 6) is -0.145. The lowest BCUT2D eigenvalue weighted by Gasteiger charge is -2.14. The monoisotopic (exact) mass is 316 g/mol. The van der Waals surface area contributed by atoms with Crippen LogP contribution in [0.15, 0.2) is 12.1 Å². The van der Waals surface area contributed by atoms with Crippen LogP contribution >= 0.6 is 0 Å². The molecule has 0 amide bonds. The fourth-order valence-corrected chi connectivity index (χ4v) is 2.08. The number of nitro groups is 1. The van der Waals surface area contributed by atoms with Crippen LogP contribution in [-0.2, 0) is 0 Å². The Bertz CT molecular complexity index is 830. The van der Waals surface area contributed by atoms with Crippen molar-refractivity contribution in [3.05, 3.63) is 27.8 Å². The molecule has 0 spiro atoms. The number of benzene rings is 1. The molecule has 0 unspecified atom stereocenters. The molecule has 1 aromatic carbocycles. The third kappa shape index (κ3) is 2.62. The number of nitrogens with two attached hydrogens (primary N) is 2. The molecule has 1 aromatic heterocycles. The van der Waals surface area contributed by atoms with E-state index in [0.29, 0.717) is 0 Å². The number of anilines is 2. The Morgan fingerprint density at radius 1 is 1.26 bits per heavy atom. The van der Waals surface area contributed by atoms with E-state index >= 15 is 0 Å². The molecule has 4 N–H and O–H groups in total. The second kappa shape index (κ2) is 6.02. The molecule has 0 bridgehead atoms. The number of nitrogen functional groups attached to an aromatic ring is 2. The third-order valence-electron chi connectivity index (χ3n) is 3.02. The first kappa shape index (κ1) is 15.8. The number of hydrogen-bond donors (Lipinski definition) is 2. The van der Waals surface area contributed by atoms with Gasteiger partial charge in [-0.2, -0.15) is 10.2 Å². The first-order chi connectivity index (χ1) is 10.9. The van der Waals surface area contributed by atoms with Gasteiger partial charge in [0.1, 0.15) is 28.7 Å². The number of aromatic nitrogens is 2. The van der Waals surface area contributed by atoms with Crippen LogP contribution in [0.25, 0.3) is 11.3 Å². The van der Waals surface area contributed by atoms with Crippen LogP contribution in [-0.4, -0.2) is 29.1 Å². The fraction of sp³-hybridized carbons (Fsp3) is 0.154. The van der Waals surface area contributed by atoms with E-state index in [2.05, 4.69) is 9.97 Å². The Labute approximate surface area is 130 Å². The van der Waals surface area contributed by atoms with Gasteiger partial charge in [0.25, 0.3) is 5.69 Å². The van der Waals surface area contributed by atoms with Crippen molar-refractivity contribution < 1.29 is 14.4 Å². The summed E-state index contributed by atoms with van der Waals surface area (Å²) in [6.45, 7) is 0. The van der Waals surface area contributed by atoms with Crippen LogP contribution in [0, 0.1) is 21.4 Å². The average molecular weight is 316 g/mol. The minimum absolute atomic E-state index is 0.0377. The first-order valence-electron chi connectivity index (χ1n) is 6.17. The summed E-state index contributed by atoms with van der Waals surface area (Å²) >= 11 is 0. The van der Waals surface area contributed by atoms with Crippen molar-refractivity contribution in [3.8, 4) is 28.8 Å². The molecule has 1 heterocycles. The molecule has 0 radical (unpaired) electrons. The summed E-state index contributed by atoms with van der Waals surface area (Å²) in [7, 11) is 2.69. The standard InChI is InChI=1S/C13H12N6O4/c1-22-8-4-3-7(19(20)21)9(11(8)23-2)10-6(5-14)12(15)18-13(16)17-10/h3-4H,1-2H3,(H4,15,16,17,18). The van der Waals surface area contributed by atoms with Gasteiger partial charge in [0.05, 0.1) is 19.1 Å². The van der Waals surface area contributed by atoms with Crippen molar-refractivity contribution in [2.24, 2.45) is 0 Å². The topological polar surface area (TPSA) is 163 Å². The van der Waals surface area contributed by atoms with Crippen molar-refractivity contribution >= 4 is 17.5 Å². The Balaban J connectivity index is 2.98. The van der Waals surface area contributed by atoms with Gasteiger partial charge in [-0.1, -0.05) is 0 Å². The highest BCUT2D eigenvalue weighted by atomic mass is 16.6. The third-order valence-corrected chi connectivity index (χ3v) is 3.02. The normalized spacial score (nSPS) is 9.96. The number of methoxy groups -OCH3 is 2. The Kier molecular flexibility index (Phi) is 4.13. The molecule has 0 atom stereocenters. The molecule has 0 saturated carbocycles. The predicted octanol–water partition coefficient (Wildman–Crippen LogP) is 1.11. The molecule has 2 aromatic rings. The largest absolute Gasteiger partial charge is 0.493 e. The highest BCUT2D eigenvalue weighted by Gasteiger charge is 2.28. The zero-order chi connectivity index (χ0) is 17.1. The van der Waals surface area contributed by atoms with Crippen molar-refractivity contribution in [1.29, 1.82) is 5.26 Å². The highest BCUT2D eigenvalue weighted by Crippen LogP contribution is 2.45. The number of nitrogens with zero attached hydrogens (tertiary/aromatic N) is 4. The molecule has 0 saturated heterocycles. The maximum absolute atomic E-state index is 11.4. The van der Waals surface area contributed by atoms with Crippen LogP contribution < -0.4 is 20.9 Å². The number of nitro benzene ring substituents is 1. The predicted molar refractivity (Wildman–Crippen MR) is 80.8 cm³/mol. The van der Waals surface area contributed by atoms with E-state index in [1.165, 1.54) is 26.4 Å². The average Bonchev–Trinajstić information content (AvgIpc) is 2.52. The summed E-state index contributed by atoms with van der Waals surface area (Å²) in [6.07, 6.45) is 0. The Morgan fingerprint density at radius 3 is 2.48 bits per heavy atom. The number of rotatable bonds is 4. The van der Waals surface area contributed by atoms with Gasteiger partial charge in [0, 0.05) is 6.07 Å². The zero-order valence-corrected chi connectivity index (χ0v) is 12.2. The van der Waals surface area contributed by atoms with Crippen LogP contribution in [0.2, 0.25) is 0 Å². The van der Waals surface area contributed by atoms with Gasteiger partial charge >= 0.3 is 0 Å². The molecule has 0 aliphatic rings. The van der Waals surface area contributed by atoms with Crippen LogP contribution in [0.3, 0.4) is 0 Å². The highest BCUT2D eigenvalue weighted by molar-refractivity contribution is 5.85. The van der Waals surface area contributed by atoms with E-state index in [9.17, 15) is 15.4 Å². The molecule has 10 heteroatoms. The summed E-state index contributed by atoms with van der Waals surface area (Å²) in [4.78, 5) is 18.3. The molecule has 2 rings (SSSR count). The van der Waals surface area contributed by atoms with E-state index < -0.39 is 4.92 Å². The molecular formula is C13H12N6O4. The van der Waals surface area contributed by atoms with Gasteiger partial charge < -0.3 is 20.9 Å². The van der Waals surface area contributed by atoms with Gasteiger partial charge in [-0.3, -0.25) is 10.1 Å². The number of nitriles is 1. The van der Waals surface area contributed by atoms with Crippen molar-refractivity contribution in [1.82, 2.24) is 9.97 Å². The molecule has 0 aliphatic carbocycles. The quantitative estimate of drug-likeness (QED) is 0.620. The van der Waals surface area contributed by atoms with Gasteiger partial charge in [0.2, 0.25) is 5.95 Å². The van der Waals surface area contributed by atoms with Crippen LogP contribution in [0.4, 0.5) is 17.5 Å². The molecule has 0 fully saturated rings. The Morgan fingerprint density at radius 2 is 1.96 bits per heavy atom. The lowest BCUT2D eigenvalue weighted by Crippen LogP contribution is -2.07. The molecule has 118 valence electrons. The molecule has 0 aliphatic heterocycles. The van der Waals surface area contributed by atoms with E-state index in [1.54, 1.807) is 0 Å². The van der Waals surface area contributed by atoms with E-state index in [0.717, 1.165) is 0 Å². The number of ether oxygens (including phenoxy) is 2. The van der Waals surface area contributed by atoms with Crippen molar-refractivity contribution in [2.75, 3.05) is 25.7 Å². The smallest absolute Gasteiger partial charge is 0.282 e. The minimum atomic E-state index is -0.632. The molecular weight excluding hydrogens is 304 g/mol. The maximum Gasteiger partial charge on any atom is 0.282 e. The van der Waals surface area contributed by atoms with Crippen molar-refractivity contribution in [3.63, 3.8) is 0 Å². The second-order valence-electron chi connectivity index (χ2n) is 4.25. The van der Waals surface area contributed by atoms with Gasteiger partial charge in [-0.25, -0.2) is 4.98 Å². The minimum Gasteiger partial charge on any atom is -0.493 e. The van der Waals surface area contributed by atoms with E-state index in [-0.39, 0.29) is 45.8 Å². The van der Waals surface area contributed by atoms with Gasteiger partial charge in [0.15, 0.2) is 11.5 Å². The molecule has 23 heavy (non-hydrogen) atoms. The van der Waals surface area contributed by atoms with Gasteiger partial charge in [-0.05, 0) is 6.07 Å². The van der Waals surface area contributed by atoms with E-state index in [1.807, 2.05) is 6.07 Å². The maximum atomic E-state index is 11.4. The van der Waals surface area contributed by atoms with Crippen molar-refractivity contribution in [2.45, 2.75) is 0 Å². The summed E-state index contributed by atoms with van der Waals surface area (Å²) in [6, 6.07) is 4.41. The first-order valence-corrected chi connectivity index (χ1v) is 6.17. The lowest BCUT2D eigenvalue weighted by molar-refractivity contribution is -0.384.